The summed E-state index contributed by atoms with van der Waals surface area (Å²) < 4.78 is 0.854. The van der Waals surface area contributed by atoms with Gasteiger partial charge in [0.15, 0.2) is 0 Å². The molecule has 2 rings (SSSR count). The highest BCUT2D eigenvalue weighted by Crippen LogP contribution is 2.31. The van der Waals surface area contributed by atoms with Crippen LogP contribution in [0.5, 0.6) is 0 Å². The van der Waals surface area contributed by atoms with Crippen LogP contribution < -0.4 is 5.32 Å². The molecule has 0 unspecified atom stereocenters. The summed E-state index contributed by atoms with van der Waals surface area (Å²) in [7, 11) is 0. The average molecular weight is 316 g/mol. The normalized spacial score (nSPS) is 17.7. The first-order valence-electron chi connectivity index (χ1n) is 5.14. The Morgan fingerprint density at radius 3 is 2.47 bits per heavy atom. The lowest BCUT2D eigenvalue weighted by molar-refractivity contribution is 0.206. The van der Waals surface area contributed by atoms with E-state index in [0.29, 0.717) is 6.04 Å². The molecule has 0 aromatic carbocycles. The van der Waals surface area contributed by atoms with Crippen LogP contribution in [0.15, 0.2) is 24.8 Å². The van der Waals surface area contributed by atoms with E-state index in [1.165, 1.54) is 4.88 Å². The van der Waals surface area contributed by atoms with Gasteiger partial charge >= 0.3 is 0 Å². The molecule has 0 radical (unpaired) electrons. The number of hydrogen-bond donors (Lipinski definition) is 1. The van der Waals surface area contributed by atoms with Crippen LogP contribution in [0, 0.1) is 0 Å². The van der Waals surface area contributed by atoms with E-state index in [0.717, 1.165) is 30.5 Å². The minimum Gasteiger partial charge on any atom is -0.314 e. The molecule has 1 aliphatic heterocycles. The molecule has 0 aliphatic carbocycles. The second kappa shape index (κ2) is 8.35. The summed E-state index contributed by atoms with van der Waals surface area (Å²) in [5.74, 6) is 0. The van der Waals surface area contributed by atoms with E-state index >= 15 is 0 Å². The number of nitrogens with one attached hydrogen (secondary N) is 1. The summed E-state index contributed by atoms with van der Waals surface area (Å²) in [6.45, 7) is 8.19. The van der Waals surface area contributed by atoms with Crippen LogP contribution in [0.2, 0.25) is 4.34 Å². The fourth-order valence-electron chi connectivity index (χ4n) is 1.89. The molecule has 0 spiro atoms. The minimum absolute atomic E-state index is 0. The fraction of sp³-hybridized carbons (Fsp3) is 0.455. The van der Waals surface area contributed by atoms with Crippen LogP contribution in [-0.2, 0) is 0 Å². The Hall–Kier alpha value is 0.230. The van der Waals surface area contributed by atoms with E-state index in [9.17, 15) is 0 Å². The van der Waals surface area contributed by atoms with Gasteiger partial charge in [-0.05, 0) is 12.1 Å². The van der Waals surface area contributed by atoms with Crippen molar-refractivity contribution in [2.75, 3.05) is 26.2 Å². The maximum atomic E-state index is 5.95. The summed E-state index contributed by atoms with van der Waals surface area (Å²) >= 11 is 7.60. The van der Waals surface area contributed by atoms with Crippen molar-refractivity contribution in [2.24, 2.45) is 0 Å². The highest BCUT2D eigenvalue weighted by Gasteiger charge is 2.20. The zero-order chi connectivity index (χ0) is 10.7. The third-order valence-corrected chi connectivity index (χ3v) is 3.96. The predicted octanol–water partition coefficient (Wildman–Crippen LogP) is 3.38. The molecule has 1 N–H and O–H groups in total. The van der Waals surface area contributed by atoms with Gasteiger partial charge in [-0.25, -0.2) is 0 Å². The molecule has 6 heteroatoms. The third-order valence-electron chi connectivity index (χ3n) is 2.65. The van der Waals surface area contributed by atoms with Crippen LogP contribution in [0.4, 0.5) is 0 Å². The SMILES string of the molecule is C=C[C@H](c1ccc(Cl)s1)N1CCNCC1.Cl.Cl. The van der Waals surface area contributed by atoms with Gasteiger partial charge in [0.1, 0.15) is 0 Å². The van der Waals surface area contributed by atoms with Gasteiger partial charge in [0.25, 0.3) is 0 Å². The van der Waals surface area contributed by atoms with Crippen molar-refractivity contribution in [3.63, 3.8) is 0 Å². The maximum absolute atomic E-state index is 5.95. The van der Waals surface area contributed by atoms with E-state index in [-0.39, 0.29) is 24.8 Å². The largest absolute Gasteiger partial charge is 0.314 e. The smallest absolute Gasteiger partial charge is 0.0931 e. The molecule has 0 saturated carbocycles. The first-order chi connectivity index (χ1) is 7.31. The standard InChI is InChI=1S/C11H15ClN2S.2ClH/c1-2-9(10-3-4-11(12)15-10)14-7-5-13-6-8-14;;/h2-4,9,13H,1,5-8H2;2*1H/t9-;;/m1../s1. The Labute approximate surface area is 124 Å². The van der Waals surface area contributed by atoms with Crippen molar-refractivity contribution < 1.29 is 0 Å². The van der Waals surface area contributed by atoms with Gasteiger partial charge in [-0.3, -0.25) is 4.90 Å². The first-order valence-corrected chi connectivity index (χ1v) is 6.33. The van der Waals surface area contributed by atoms with E-state index in [1.54, 1.807) is 11.3 Å². The number of rotatable bonds is 3. The van der Waals surface area contributed by atoms with Gasteiger partial charge in [0.05, 0.1) is 10.4 Å². The zero-order valence-electron chi connectivity index (χ0n) is 9.39. The van der Waals surface area contributed by atoms with Gasteiger partial charge in [0, 0.05) is 31.1 Å². The number of halogens is 3. The van der Waals surface area contributed by atoms with Crippen LogP contribution in [0.1, 0.15) is 10.9 Å². The van der Waals surface area contributed by atoms with Crippen LogP contribution in [0.3, 0.4) is 0 Å². The highest BCUT2D eigenvalue weighted by atomic mass is 35.5. The summed E-state index contributed by atoms with van der Waals surface area (Å²) in [4.78, 5) is 3.72. The van der Waals surface area contributed by atoms with Crippen LogP contribution >= 0.6 is 47.8 Å². The molecule has 2 heterocycles. The quantitative estimate of drug-likeness (QED) is 0.860. The van der Waals surface area contributed by atoms with Crippen molar-refractivity contribution in [3.8, 4) is 0 Å². The molecule has 0 amide bonds. The van der Waals surface area contributed by atoms with Crippen molar-refractivity contribution in [3.05, 3.63) is 34.0 Å². The molecule has 1 aromatic heterocycles. The molecular formula is C11H17Cl3N2S. The van der Waals surface area contributed by atoms with Crippen molar-refractivity contribution in [1.29, 1.82) is 0 Å². The monoisotopic (exact) mass is 314 g/mol. The Bertz CT molecular complexity index is 337. The van der Waals surface area contributed by atoms with E-state index < -0.39 is 0 Å². The summed E-state index contributed by atoms with van der Waals surface area (Å²) in [5, 5.41) is 3.35. The number of nitrogens with zero attached hydrogens (tertiary/aromatic N) is 1. The topological polar surface area (TPSA) is 15.3 Å². The molecule has 1 fully saturated rings. The van der Waals surface area contributed by atoms with Crippen LogP contribution in [0.25, 0.3) is 0 Å². The lowest BCUT2D eigenvalue weighted by atomic mass is 10.2. The third kappa shape index (κ3) is 4.43. The predicted molar refractivity (Wildman–Crippen MR) is 81.2 cm³/mol. The molecule has 17 heavy (non-hydrogen) atoms. The van der Waals surface area contributed by atoms with E-state index in [2.05, 4.69) is 22.9 Å². The van der Waals surface area contributed by atoms with Gasteiger partial charge in [-0.1, -0.05) is 17.7 Å². The first kappa shape index (κ1) is 17.2. The molecular weight excluding hydrogens is 299 g/mol. The van der Waals surface area contributed by atoms with Crippen molar-refractivity contribution >= 4 is 47.8 Å². The maximum Gasteiger partial charge on any atom is 0.0931 e. The minimum atomic E-state index is 0. The highest BCUT2D eigenvalue weighted by molar-refractivity contribution is 7.16. The second-order valence-electron chi connectivity index (χ2n) is 3.61. The Morgan fingerprint density at radius 2 is 2.00 bits per heavy atom. The lowest BCUT2D eigenvalue weighted by Gasteiger charge is -2.32. The van der Waals surface area contributed by atoms with E-state index in [4.69, 9.17) is 11.6 Å². The van der Waals surface area contributed by atoms with E-state index in [1.807, 2.05) is 12.1 Å². The van der Waals surface area contributed by atoms with Gasteiger partial charge < -0.3 is 5.32 Å². The summed E-state index contributed by atoms with van der Waals surface area (Å²) in [6, 6.07) is 4.38. The van der Waals surface area contributed by atoms with Crippen molar-refractivity contribution in [1.82, 2.24) is 10.2 Å². The Balaban J connectivity index is 0.00000128. The molecule has 1 aromatic rings. The average Bonchev–Trinajstić information content (AvgIpc) is 2.68. The molecule has 2 nitrogen and oxygen atoms in total. The number of thiophene rings is 1. The lowest BCUT2D eigenvalue weighted by Crippen LogP contribution is -2.44. The second-order valence-corrected chi connectivity index (χ2v) is 5.36. The molecule has 1 atom stereocenters. The van der Waals surface area contributed by atoms with Gasteiger partial charge in [-0.15, -0.1) is 42.7 Å². The Kier molecular flexibility index (Phi) is 8.47. The number of hydrogen-bond acceptors (Lipinski definition) is 3. The van der Waals surface area contributed by atoms with Gasteiger partial charge in [0.2, 0.25) is 0 Å². The molecule has 98 valence electrons. The molecule has 0 bridgehead atoms. The summed E-state index contributed by atoms with van der Waals surface area (Å²) in [5.41, 5.74) is 0. The fourth-order valence-corrected chi connectivity index (χ4v) is 3.09. The Morgan fingerprint density at radius 1 is 1.35 bits per heavy atom. The number of piperazine rings is 1. The van der Waals surface area contributed by atoms with Gasteiger partial charge in [-0.2, -0.15) is 0 Å². The molecule has 1 saturated heterocycles. The molecule has 1 aliphatic rings. The zero-order valence-corrected chi connectivity index (χ0v) is 12.6. The van der Waals surface area contributed by atoms with Crippen molar-refractivity contribution in [2.45, 2.75) is 6.04 Å². The summed E-state index contributed by atoms with van der Waals surface area (Å²) in [6.07, 6.45) is 2.01. The van der Waals surface area contributed by atoms with Crippen LogP contribution in [-0.4, -0.2) is 31.1 Å².